The van der Waals surface area contributed by atoms with Gasteiger partial charge in [0.25, 0.3) is 0 Å². The lowest BCUT2D eigenvalue weighted by atomic mass is 10.2. The molecule has 0 aliphatic carbocycles. The Morgan fingerprint density at radius 1 is 1.37 bits per heavy atom. The van der Waals surface area contributed by atoms with Crippen molar-refractivity contribution in [2.45, 2.75) is 24.3 Å². The first kappa shape index (κ1) is 15.2. The summed E-state index contributed by atoms with van der Waals surface area (Å²) in [4.78, 5) is 11.1. The average Bonchev–Trinajstić information content (AvgIpc) is 2.37. The molecule has 0 heterocycles. The Bertz CT molecular complexity index is 558. The van der Waals surface area contributed by atoms with E-state index in [0.29, 0.717) is 6.42 Å². The molecule has 0 amide bonds. The zero-order chi connectivity index (χ0) is 14.3. The van der Waals surface area contributed by atoms with E-state index < -0.39 is 21.9 Å². The van der Waals surface area contributed by atoms with Gasteiger partial charge in [-0.05, 0) is 18.2 Å². The molecule has 1 aromatic carbocycles. The highest BCUT2D eigenvalue weighted by Gasteiger charge is 2.12. The monoisotopic (exact) mass is 280 g/mol. The van der Waals surface area contributed by atoms with E-state index in [9.17, 15) is 13.2 Å². The van der Waals surface area contributed by atoms with Crippen molar-refractivity contribution in [2.24, 2.45) is 0 Å². The SMILES string of the molecule is C=CCC(/C=C\S(=O)(=O)c1ccccc1)OC(C)=O. The van der Waals surface area contributed by atoms with Crippen LogP contribution in [-0.2, 0) is 19.4 Å². The van der Waals surface area contributed by atoms with Gasteiger partial charge in [0, 0.05) is 18.8 Å². The summed E-state index contributed by atoms with van der Waals surface area (Å²) in [5, 5.41) is 1.06. The molecule has 0 radical (unpaired) electrons. The normalized spacial score (nSPS) is 13.1. The van der Waals surface area contributed by atoms with E-state index >= 15 is 0 Å². The van der Waals surface area contributed by atoms with Crippen LogP contribution in [0.5, 0.6) is 0 Å². The molecule has 1 atom stereocenters. The van der Waals surface area contributed by atoms with E-state index in [2.05, 4.69) is 6.58 Å². The quantitative estimate of drug-likeness (QED) is 0.593. The van der Waals surface area contributed by atoms with E-state index in [-0.39, 0.29) is 4.90 Å². The fourth-order valence-electron chi connectivity index (χ4n) is 1.42. The number of carbonyl (C=O) groups excluding carboxylic acids is 1. The van der Waals surface area contributed by atoms with Gasteiger partial charge in [0.05, 0.1) is 4.90 Å². The van der Waals surface area contributed by atoms with Gasteiger partial charge in [0.2, 0.25) is 0 Å². The number of ether oxygens (including phenoxy) is 1. The molecule has 0 aliphatic heterocycles. The van der Waals surface area contributed by atoms with Crippen LogP contribution in [0.4, 0.5) is 0 Å². The largest absolute Gasteiger partial charge is 0.458 e. The van der Waals surface area contributed by atoms with Crippen LogP contribution in [0.2, 0.25) is 0 Å². The summed E-state index contributed by atoms with van der Waals surface area (Å²) in [5.41, 5.74) is 0. The van der Waals surface area contributed by atoms with Crippen molar-refractivity contribution in [3.05, 3.63) is 54.5 Å². The molecular weight excluding hydrogens is 264 g/mol. The summed E-state index contributed by atoms with van der Waals surface area (Å²) in [5.74, 6) is -0.464. The van der Waals surface area contributed by atoms with Crippen molar-refractivity contribution >= 4 is 15.8 Å². The smallest absolute Gasteiger partial charge is 0.303 e. The van der Waals surface area contributed by atoms with E-state index in [4.69, 9.17) is 4.74 Å². The molecule has 0 N–H and O–H groups in total. The highest BCUT2D eigenvalue weighted by atomic mass is 32.2. The fraction of sp³-hybridized carbons (Fsp3) is 0.214. The van der Waals surface area contributed by atoms with Crippen LogP contribution in [-0.4, -0.2) is 20.5 Å². The minimum atomic E-state index is -3.52. The number of esters is 1. The first-order chi connectivity index (χ1) is 8.95. The second kappa shape index (κ2) is 6.89. The average molecular weight is 280 g/mol. The molecule has 5 heteroatoms. The number of benzene rings is 1. The Kier molecular flexibility index (Phi) is 5.51. The second-order valence-electron chi connectivity index (χ2n) is 3.86. The lowest BCUT2D eigenvalue weighted by Gasteiger charge is -2.10. The summed E-state index contributed by atoms with van der Waals surface area (Å²) in [6.45, 7) is 4.81. The Morgan fingerprint density at radius 3 is 2.53 bits per heavy atom. The fourth-order valence-corrected chi connectivity index (χ4v) is 2.50. The maximum atomic E-state index is 12.0. The van der Waals surface area contributed by atoms with Crippen molar-refractivity contribution < 1.29 is 17.9 Å². The first-order valence-electron chi connectivity index (χ1n) is 5.72. The van der Waals surface area contributed by atoms with E-state index in [1.54, 1.807) is 24.3 Å². The summed E-state index contributed by atoms with van der Waals surface area (Å²) in [6.07, 6.45) is 2.66. The summed E-state index contributed by atoms with van der Waals surface area (Å²) in [7, 11) is -3.52. The van der Waals surface area contributed by atoms with Crippen LogP contribution in [0.15, 0.2) is 59.4 Å². The zero-order valence-electron chi connectivity index (χ0n) is 10.7. The van der Waals surface area contributed by atoms with Crippen LogP contribution in [0.3, 0.4) is 0 Å². The molecule has 0 saturated carbocycles. The molecule has 102 valence electrons. The highest BCUT2D eigenvalue weighted by Crippen LogP contribution is 2.13. The second-order valence-corrected chi connectivity index (χ2v) is 5.69. The number of carbonyl (C=O) groups is 1. The van der Waals surface area contributed by atoms with E-state index in [0.717, 1.165) is 5.41 Å². The Labute approximate surface area is 113 Å². The predicted octanol–water partition coefficient (Wildman–Crippen LogP) is 2.48. The zero-order valence-corrected chi connectivity index (χ0v) is 11.5. The molecule has 0 saturated heterocycles. The summed E-state index contributed by atoms with van der Waals surface area (Å²) >= 11 is 0. The first-order valence-corrected chi connectivity index (χ1v) is 7.27. The molecule has 19 heavy (non-hydrogen) atoms. The van der Waals surface area contributed by atoms with Gasteiger partial charge in [-0.1, -0.05) is 24.3 Å². The van der Waals surface area contributed by atoms with Crippen molar-refractivity contribution in [3.63, 3.8) is 0 Å². The number of rotatable bonds is 6. The van der Waals surface area contributed by atoms with Gasteiger partial charge in [-0.2, -0.15) is 0 Å². The van der Waals surface area contributed by atoms with Crippen molar-refractivity contribution in [1.29, 1.82) is 0 Å². The molecular formula is C14H16O4S. The lowest BCUT2D eigenvalue weighted by molar-refractivity contribution is -0.143. The Hall–Kier alpha value is -1.88. The van der Waals surface area contributed by atoms with Gasteiger partial charge >= 0.3 is 5.97 Å². The van der Waals surface area contributed by atoms with Crippen LogP contribution < -0.4 is 0 Å². The van der Waals surface area contributed by atoms with Gasteiger partial charge in [-0.25, -0.2) is 8.42 Å². The van der Waals surface area contributed by atoms with Crippen LogP contribution in [0.25, 0.3) is 0 Å². The molecule has 0 spiro atoms. The Morgan fingerprint density at radius 2 is 2.00 bits per heavy atom. The molecule has 1 aromatic rings. The topological polar surface area (TPSA) is 60.4 Å². The lowest BCUT2D eigenvalue weighted by Crippen LogP contribution is -2.13. The van der Waals surface area contributed by atoms with Gasteiger partial charge in [0.15, 0.2) is 9.84 Å². The van der Waals surface area contributed by atoms with Crippen molar-refractivity contribution in [3.8, 4) is 0 Å². The standard InChI is InChI=1S/C14H16O4S/c1-3-7-13(18-12(2)15)10-11-19(16,17)14-8-5-4-6-9-14/h3-6,8-11,13H,1,7H2,2H3/b11-10-. The number of hydrogen-bond acceptors (Lipinski definition) is 4. The molecule has 1 unspecified atom stereocenters. The van der Waals surface area contributed by atoms with Gasteiger partial charge in [0.1, 0.15) is 6.10 Å². The molecule has 0 fully saturated rings. The minimum Gasteiger partial charge on any atom is -0.458 e. The maximum Gasteiger partial charge on any atom is 0.303 e. The molecule has 0 aromatic heterocycles. The van der Waals surface area contributed by atoms with E-state index in [1.807, 2.05) is 0 Å². The van der Waals surface area contributed by atoms with Crippen LogP contribution in [0.1, 0.15) is 13.3 Å². The van der Waals surface area contributed by atoms with Gasteiger partial charge in [-0.3, -0.25) is 4.79 Å². The third-order valence-electron chi connectivity index (χ3n) is 2.26. The van der Waals surface area contributed by atoms with Gasteiger partial charge < -0.3 is 4.74 Å². The summed E-state index contributed by atoms with van der Waals surface area (Å²) in [6, 6.07) is 8.05. The van der Waals surface area contributed by atoms with Crippen LogP contribution in [0, 0.1) is 0 Å². The van der Waals surface area contributed by atoms with Gasteiger partial charge in [-0.15, -0.1) is 6.58 Å². The molecule has 1 rings (SSSR count). The molecule has 4 nitrogen and oxygen atoms in total. The highest BCUT2D eigenvalue weighted by molar-refractivity contribution is 7.94. The molecule has 0 bridgehead atoms. The predicted molar refractivity (Wildman–Crippen MR) is 73.1 cm³/mol. The van der Waals surface area contributed by atoms with Crippen molar-refractivity contribution in [2.75, 3.05) is 0 Å². The third-order valence-corrected chi connectivity index (χ3v) is 3.71. The van der Waals surface area contributed by atoms with Crippen LogP contribution >= 0.6 is 0 Å². The maximum absolute atomic E-state index is 12.0. The van der Waals surface area contributed by atoms with Crippen molar-refractivity contribution in [1.82, 2.24) is 0 Å². The number of hydrogen-bond donors (Lipinski definition) is 0. The number of sulfone groups is 1. The van der Waals surface area contributed by atoms with E-state index in [1.165, 1.54) is 25.1 Å². The molecule has 0 aliphatic rings. The summed E-state index contributed by atoms with van der Waals surface area (Å²) < 4.78 is 28.9. The third kappa shape index (κ3) is 5.09. The Balaban J connectivity index is 2.88. The minimum absolute atomic E-state index is 0.200.